The number of aromatic nitrogens is 2. The lowest BCUT2D eigenvalue weighted by molar-refractivity contribution is 0.0473. The molecular weight excluding hydrogens is 418 g/mol. The van der Waals surface area contributed by atoms with Gasteiger partial charge in [0.25, 0.3) is 0 Å². The lowest BCUT2D eigenvalue weighted by Gasteiger charge is -2.24. The normalized spacial score (nSPS) is 14.3. The van der Waals surface area contributed by atoms with Gasteiger partial charge in [0.05, 0.1) is 5.75 Å². The number of nitrogens with zero attached hydrogens (tertiary/aromatic N) is 2. The van der Waals surface area contributed by atoms with Crippen molar-refractivity contribution >= 4 is 27.5 Å². The van der Waals surface area contributed by atoms with Gasteiger partial charge in [-0.3, -0.25) is 0 Å². The minimum atomic E-state index is -3.88. The Morgan fingerprint density at radius 2 is 2.00 bits per heavy atom. The van der Waals surface area contributed by atoms with E-state index in [0.717, 1.165) is 0 Å². The van der Waals surface area contributed by atoms with Crippen molar-refractivity contribution in [2.45, 2.75) is 63.7 Å². The lowest BCUT2D eigenvalue weighted by atomic mass is 9.99. The highest BCUT2D eigenvalue weighted by Gasteiger charge is 2.31. The van der Waals surface area contributed by atoms with Gasteiger partial charge in [-0.05, 0) is 44.4 Å². The Bertz CT molecular complexity index is 953. The van der Waals surface area contributed by atoms with Gasteiger partial charge in [-0.1, -0.05) is 49.1 Å². The van der Waals surface area contributed by atoms with Gasteiger partial charge in [-0.2, -0.15) is 0 Å². The van der Waals surface area contributed by atoms with Crippen LogP contribution in [-0.2, 0) is 20.3 Å². The molecule has 0 fully saturated rings. The van der Waals surface area contributed by atoms with Crippen LogP contribution >= 0.6 is 11.6 Å². The van der Waals surface area contributed by atoms with E-state index in [2.05, 4.69) is 15.5 Å². The largest absolute Gasteiger partial charge is 0.444 e. The molecule has 1 aromatic carbocycles. The molecule has 8 nitrogen and oxygen atoms in total. The maximum atomic E-state index is 12.6. The Balaban J connectivity index is 2.24. The SMILES string of the molecule is CC[C@@H](C)[C@@H](NC(=O)OC(C)(C)C)c1nnc(S(=O)(=O)Cc2cccc(Cl)c2)o1. The summed E-state index contributed by atoms with van der Waals surface area (Å²) in [6.45, 7) is 9.06. The van der Waals surface area contributed by atoms with E-state index in [-0.39, 0.29) is 17.6 Å². The van der Waals surface area contributed by atoms with Crippen molar-refractivity contribution in [3.63, 3.8) is 0 Å². The summed E-state index contributed by atoms with van der Waals surface area (Å²) in [5, 5.41) is 10.2. The molecule has 0 unspecified atom stereocenters. The van der Waals surface area contributed by atoms with Gasteiger partial charge in [0.1, 0.15) is 11.6 Å². The van der Waals surface area contributed by atoms with Crippen LogP contribution in [0.1, 0.15) is 58.5 Å². The molecule has 1 amide bonds. The Hall–Kier alpha value is -2.13. The first-order valence-electron chi connectivity index (χ1n) is 9.21. The number of carbonyl (C=O) groups excluding carboxylic acids is 1. The zero-order valence-corrected chi connectivity index (χ0v) is 18.7. The summed E-state index contributed by atoms with van der Waals surface area (Å²) >= 11 is 5.91. The monoisotopic (exact) mass is 443 g/mol. The molecule has 1 heterocycles. The molecule has 10 heteroatoms. The van der Waals surface area contributed by atoms with Crippen LogP contribution in [0.25, 0.3) is 0 Å². The predicted molar refractivity (Wildman–Crippen MR) is 108 cm³/mol. The molecule has 0 aliphatic carbocycles. The fraction of sp³-hybridized carbons (Fsp3) is 0.526. The molecule has 0 aliphatic heterocycles. The number of halogens is 1. The van der Waals surface area contributed by atoms with Crippen molar-refractivity contribution in [1.82, 2.24) is 15.5 Å². The van der Waals surface area contributed by atoms with Crippen LogP contribution in [0.15, 0.2) is 33.9 Å². The number of hydrogen-bond donors (Lipinski definition) is 1. The van der Waals surface area contributed by atoms with Crippen molar-refractivity contribution in [3.05, 3.63) is 40.7 Å². The van der Waals surface area contributed by atoms with Gasteiger partial charge in [0, 0.05) is 5.02 Å². The van der Waals surface area contributed by atoms with Crippen molar-refractivity contribution in [1.29, 1.82) is 0 Å². The van der Waals surface area contributed by atoms with E-state index in [4.69, 9.17) is 20.8 Å². The van der Waals surface area contributed by atoms with Gasteiger partial charge >= 0.3 is 11.3 Å². The summed E-state index contributed by atoms with van der Waals surface area (Å²) < 4.78 is 36.0. The van der Waals surface area contributed by atoms with Crippen LogP contribution in [0.4, 0.5) is 4.79 Å². The molecule has 0 saturated heterocycles. The van der Waals surface area contributed by atoms with E-state index >= 15 is 0 Å². The summed E-state index contributed by atoms with van der Waals surface area (Å²) in [4.78, 5) is 12.2. The number of amides is 1. The molecule has 29 heavy (non-hydrogen) atoms. The van der Waals surface area contributed by atoms with E-state index < -0.39 is 32.8 Å². The summed E-state index contributed by atoms with van der Waals surface area (Å²) in [7, 11) is -3.88. The van der Waals surface area contributed by atoms with Crippen molar-refractivity contribution in [2.75, 3.05) is 0 Å². The number of nitrogens with one attached hydrogen (secondary N) is 1. The number of alkyl carbamates (subject to hydrolysis) is 1. The molecule has 1 aromatic heterocycles. The average Bonchev–Trinajstić information content (AvgIpc) is 3.08. The third-order valence-corrected chi connectivity index (χ3v) is 5.73. The van der Waals surface area contributed by atoms with Gasteiger partial charge in [0.15, 0.2) is 0 Å². The molecule has 0 saturated carbocycles. The Labute approximate surface area is 175 Å². The molecule has 0 radical (unpaired) electrons. The van der Waals surface area contributed by atoms with Gasteiger partial charge in [0.2, 0.25) is 15.7 Å². The highest BCUT2D eigenvalue weighted by molar-refractivity contribution is 7.90. The highest BCUT2D eigenvalue weighted by atomic mass is 35.5. The van der Waals surface area contributed by atoms with Crippen molar-refractivity contribution in [2.24, 2.45) is 5.92 Å². The van der Waals surface area contributed by atoms with Crippen LogP contribution in [0.5, 0.6) is 0 Å². The van der Waals surface area contributed by atoms with Crippen molar-refractivity contribution in [3.8, 4) is 0 Å². The number of sulfone groups is 1. The minimum absolute atomic E-state index is 0.00915. The highest BCUT2D eigenvalue weighted by Crippen LogP contribution is 2.26. The predicted octanol–water partition coefficient (Wildman–Crippen LogP) is 4.31. The fourth-order valence-electron chi connectivity index (χ4n) is 2.50. The number of carbonyl (C=O) groups is 1. The van der Waals surface area contributed by atoms with Crippen LogP contribution in [0.3, 0.4) is 0 Å². The minimum Gasteiger partial charge on any atom is -0.444 e. The summed E-state index contributed by atoms with van der Waals surface area (Å²) in [6.07, 6.45) is 0.0392. The fourth-order valence-corrected chi connectivity index (χ4v) is 3.83. The summed E-state index contributed by atoms with van der Waals surface area (Å²) in [5.41, 5.74) is -0.174. The second kappa shape index (κ2) is 9.13. The third kappa shape index (κ3) is 6.71. The van der Waals surface area contributed by atoms with Crippen LogP contribution in [-0.4, -0.2) is 30.3 Å². The molecule has 1 N–H and O–H groups in total. The Morgan fingerprint density at radius 3 is 2.59 bits per heavy atom. The standard InChI is InChI=1S/C19H26ClN3O5S/c1-6-12(2)15(21-17(24)28-19(3,4)5)16-22-23-18(27-16)29(25,26)11-13-8-7-9-14(20)10-13/h7-10,12,15H,6,11H2,1-5H3,(H,21,24)/t12-,15-/m1/s1. The van der Waals surface area contributed by atoms with Crippen LogP contribution in [0, 0.1) is 5.92 Å². The molecule has 2 rings (SSSR count). The molecule has 160 valence electrons. The average molecular weight is 444 g/mol. The van der Waals surface area contributed by atoms with Crippen LogP contribution < -0.4 is 5.32 Å². The Morgan fingerprint density at radius 1 is 1.31 bits per heavy atom. The first-order chi connectivity index (χ1) is 13.4. The van der Waals surface area contributed by atoms with Crippen LogP contribution in [0.2, 0.25) is 5.02 Å². The molecule has 0 aliphatic rings. The Kier molecular flexibility index (Phi) is 7.29. The van der Waals surface area contributed by atoms with Crippen molar-refractivity contribution < 1.29 is 22.4 Å². The van der Waals surface area contributed by atoms with E-state index in [1.54, 1.807) is 45.0 Å². The number of ether oxygens (including phenoxy) is 1. The summed E-state index contributed by atoms with van der Waals surface area (Å²) in [6, 6.07) is 5.84. The van der Waals surface area contributed by atoms with Gasteiger partial charge < -0.3 is 14.5 Å². The number of benzene rings is 1. The molecule has 2 atom stereocenters. The number of rotatable bonds is 7. The maximum absolute atomic E-state index is 12.6. The number of hydrogen-bond acceptors (Lipinski definition) is 7. The maximum Gasteiger partial charge on any atom is 0.408 e. The lowest BCUT2D eigenvalue weighted by Crippen LogP contribution is -2.37. The van der Waals surface area contributed by atoms with E-state index in [1.807, 2.05) is 13.8 Å². The van der Waals surface area contributed by atoms with E-state index in [9.17, 15) is 13.2 Å². The van der Waals surface area contributed by atoms with Gasteiger partial charge in [-0.15, -0.1) is 5.10 Å². The molecule has 0 bridgehead atoms. The second-order valence-corrected chi connectivity index (χ2v) is 10.1. The first kappa shape index (κ1) is 23.2. The quantitative estimate of drug-likeness (QED) is 0.678. The molecular formula is C19H26ClN3O5S. The topological polar surface area (TPSA) is 111 Å². The van der Waals surface area contributed by atoms with E-state index in [0.29, 0.717) is 17.0 Å². The van der Waals surface area contributed by atoms with E-state index in [1.165, 1.54) is 0 Å². The molecule has 0 spiro atoms. The zero-order valence-electron chi connectivity index (χ0n) is 17.1. The smallest absolute Gasteiger partial charge is 0.408 e. The zero-order chi connectivity index (χ0) is 21.8. The summed E-state index contributed by atoms with van der Waals surface area (Å²) in [5.74, 6) is -0.413. The van der Waals surface area contributed by atoms with Gasteiger partial charge in [-0.25, -0.2) is 13.2 Å². The second-order valence-electron chi connectivity index (χ2n) is 7.80. The third-order valence-electron chi connectivity index (χ3n) is 4.09. The first-order valence-corrected chi connectivity index (χ1v) is 11.2. The molecule has 2 aromatic rings.